The van der Waals surface area contributed by atoms with E-state index < -0.39 is 5.97 Å². The average molecular weight is 239 g/mol. The molecule has 1 saturated carbocycles. The maximum absolute atomic E-state index is 11.1. The van der Waals surface area contributed by atoms with Crippen LogP contribution >= 0.6 is 11.3 Å². The summed E-state index contributed by atoms with van der Waals surface area (Å²) in [6.07, 6.45) is 4.32. The Balaban J connectivity index is 1.81. The highest BCUT2D eigenvalue weighted by Gasteiger charge is 2.22. The molecule has 0 saturated heterocycles. The third kappa shape index (κ3) is 3.06. The van der Waals surface area contributed by atoms with Crippen LogP contribution in [0, 0.1) is 5.92 Å². The summed E-state index contributed by atoms with van der Waals surface area (Å²) in [7, 11) is 0. The first-order valence-corrected chi connectivity index (χ1v) is 6.62. The van der Waals surface area contributed by atoms with E-state index in [0.717, 1.165) is 4.88 Å². The quantitative estimate of drug-likeness (QED) is 0.799. The van der Waals surface area contributed by atoms with E-state index in [1.165, 1.54) is 19.3 Å². The second-order valence-corrected chi connectivity index (χ2v) is 5.39. The van der Waals surface area contributed by atoms with Crippen LogP contribution in [0.3, 0.4) is 0 Å². The first kappa shape index (κ1) is 11.6. The minimum atomic E-state index is -0.694. The lowest BCUT2D eigenvalue weighted by atomic mass is 9.92. The molecule has 88 valence electrons. The molecule has 3 nitrogen and oxygen atoms in total. The van der Waals surface area contributed by atoms with E-state index in [1.54, 1.807) is 11.3 Å². The van der Waals surface area contributed by atoms with Crippen LogP contribution in [0.25, 0.3) is 0 Å². The number of thiophene rings is 1. The van der Waals surface area contributed by atoms with Crippen molar-refractivity contribution in [2.75, 3.05) is 6.54 Å². The predicted molar refractivity (Wildman–Crippen MR) is 64.8 cm³/mol. The summed E-state index contributed by atoms with van der Waals surface area (Å²) in [6, 6.07) is 4.53. The van der Waals surface area contributed by atoms with Crippen LogP contribution in [0.1, 0.15) is 24.1 Å². The number of carboxylic acid groups (broad SMARTS) is 1. The van der Waals surface area contributed by atoms with Crippen LogP contribution in [0.15, 0.2) is 17.5 Å². The molecule has 0 bridgehead atoms. The number of carboxylic acids is 1. The zero-order valence-corrected chi connectivity index (χ0v) is 10.0. The Labute approximate surface area is 99.5 Å². The molecule has 1 fully saturated rings. The minimum absolute atomic E-state index is 0.292. The van der Waals surface area contributed by atoms with Crippen molar-refractivity contribution in [3.63, 3.8) is 0 Å². The number of rotatable bonds is 6. The zero-order valence-electron chi connectivity index (χ0n) is 9.19. The maximum Gasteiger partial charge on any atom is 0.308 e. The fourth-order valence-corrected chi connectivity index (χ4v) is 2.63. The summed E-state index contributed by atoms with van der Waals surface area (Å²) in [6.45, 7) is 0.595. The SMILES string of the molecule is O=C(O)C(CNC1CCC1)Cc1cccs1. The highest BCUT2D eigenvalue weighted by molar-refractivity contribution is 7.09. The van der Waals surface area contributed by atoms with Crippen LogP contribution in [0.5, 0.6) is 0 Å². The van der Waals surface area contributed by atoms with Crippen molar-refractivity contribution in [2.24, 2.45) is 5.92 Å². The fourth-order valence-electron chi connectivity index (χ4n) is 1.84. The molecule has 2 N–H and O–H groups in total. The lowest BCUT2D eigenvalue weighted by Gasteiger charge is -2.27. The van der Waals surface area contributed by atoms with E-state index in [-0.39, 0.29) is 5.92 Å². The third-order valence-corrected chi connectivity index (χ3v) is 4.03. The highest BCUT2D eigenvalue weighted by Crippen LogP contribution is 2.19. The van der Waals surface area contributed by atoms with Gasteiger partial charge in [-0.25, -0.2) is 0 Å². The van der Waals surface area contributed by atoms with Crippen LogP contribution in [0.2, 0.25) is 0 Å². The van der Waals surface area contributed by atoms with Gasteiger partial charge in [-0.3, -0.25) is 4.79 Å². The molecule has 0 amide bonds. The van der Waals surface area contributed by atoms with E-state index in [4.69, 9.17) is 5.11 Å². The van der Waals surface area contributed by atoms with Crippen molar-refractivity contribution >= 4 is 17.3 Å². The molecule has 1 heterocycles. The Hall–Kier alpha value is -0.870. The van der Waals surface area contributed by atoms with E-state index in [9.17, 15) is 4.79 Å². The molecule has 1 aliphatic rings. The van der Waals surface area contributed by atoms with E-state index in [1.807, 2.05) is 17.5 Å². The van der Waals surface area contributed by atoms with E-state index in [2.05, 4.69) is 5.32 Å². The van der Waals surface area contributed by atoms with Crippen LogP contribution < -0.4 is 5.32 Å². The third-order valence-electron chi connectivity index (χ3n) is 3.14. The first-order valence-electron chi connectivity index (χ1n) is 5.74. The van der Waals surface area contributed by atoms with Crippen molar-refractivity contribution in [1.82, 2.24) is 5.32 Å². The molecule has 1 aromatic heterocycles. The van der Waals surface area contributed by atoms with Gasteiger partial charge in [-0.2, -0.15) is 0 Å². The summed E-state index contributed by atoms with van der Waals surface area (Å²) in [4.78, 5) is 12.3. The van der Waals surface area contributed by atoms with Gasteiger partial charge in [0.2, 0.25) is 0 Å². The first-order chi connectivity index (χ1) is 7.75. The minimum Gasteiger partial charge on any atom is -0.481 e. The number of nitrogens with one attached hydrogen (secondary N) is 1. The maximum atomic E-state index is 11.1. The van der Waals surface area contributed by atoms with Gasteiger partial charge < -0.3 is 10.4 Å². The lowest BCUT2D eigenvalue weighted by Crippen LogP contribution is -2.40. The summed E-state index contributed by atoms with van der Waals surface area (Å²) >= 11 is 1.63. The highest BCUT2D eigenvalue weighted by atomic mass is 32.1. The second kappa shape index (κ2) is 5.46. The summed E-state index contributed by atoms with van der Waals surface area (Å²) in [5.41, 5.74) is 0. The predicted octanol–water partition coefficient (Wildman–Crippen LogP) is 2.13. The molecule has 0 radical (unpaired) electrons. The van der Waals surface area contributed by atoms with Gasteiger partial charge >= 0.3 is 5.97 Å². The number of aliphatic carboxylic acids is 1. The van der Waals surface area contributed by atoms with Gasteiger partial charge in [-0.1, -0.05) is 12.5 Å². The molecule has 0 spiro atoms. The van der Waals surface area contributed by atoms with Crippen molar-refractivity contribution in [2.45, 2.75) is 31.7 Å². The van der Waals surface area contributed by atoms with Crippen molar-refractivity contribution in [3.8, 4) is 0 Å². The van der Waals surface area contributed by atoms with Gasteiger partial charge in [0.25, 0.3) is 0 Å². The molecule has 1 aromatic rings. The van der Waals surface area contributed by atoms with Crippen LogP contribution in [0.4, 0.5) is 0 Å². The molecule has 0 aliphatic heterocycles. The summed E-state index contributed by atoms with van der Waals surface area (Å²) in [5.74, 6) is -0.987. The van der Waals surface area contributed by atoms with Gasteiger partial charge in [0.1, 0.15) is 0 Å². The molecule has 2 rings (SSSR count). The number of carbonyl (C=O) groups is 1. The summed E-state index contributed by atoms with van der Waals surface area (Å²) < 4.78 is 0. The Morgan fingerprint density at radius 1 is 1.62 bits per heavy atom. The van der Waals surface area contributed by atoms with Crippen molar-refractivity contribution < 1.29 is 9.90 Å². The Morgan fingerprint density at radius 2 is 2.44 bits per heavy atom. The largest absolute Gasteiger partial charge is 0.481 e. The van der Waals surface area contributed by atoms with Gasteiger partial charge in [0.05, 0.1) is 5.92 Å². The van der Waals surface area contributed by atoms with E-state index >= 15 is 0 Å². The molecule has 1 atom stereocenters. The van der Waals surface area contributed by atoms with Crippen LogP contribution in [-0.2, 0) is 11.2 Å². The second-order valence-electron chi connectivity index (χ2n) is 4.35. The lowest BCUT2D eigenvalue weighted by molar-refractivity contribution is -0.141. The molecule has 1 aliphatic carbocycles. The molecule has 0 aromatic carbocycles. The monoisotopic (exact) mass is 239 g/mol. The molecule has 1 unspecified atom stereocenters. The molecular formula is C12H17NO2S. The Bertz CT molecular complexity index is 333. The molecular weight excluding hydrogens is 222 g/mol. The normalized spacial score (nSPS) is 18.0. The van der Waals surface area contributed by atoms with Gasteiger partial charge in [0.15, 0.2) is 0 Å². The average Bonchev–Trinajstić information content (AvgIpc) is 2.66. The summed E-state index contributed by atoms with van der Waals surface area (Å²) in [5, 5.41) is 14.5. The number of hydrogen-bond donors (Lipinski definition) is 2. The Morgan fingerprint density at radius 3 is 2.94 bits per heavy atom. The smallest absolute Gasteiger partial charge is 0.308 e. The van der Waals surface area contributed by atoms with Gasteiger partial charge in [-0.05, 0) is 30.7 Å². The van der Waals surface area contributed by atoms with Crippen molar-refractivity contribution in [3.05, 3.63) is 22.4 Å². The Kier molecular flexibility index (Phi) is 3.96. The zero-order chi connectivity index (χ0) is 11.4. The van der Waals surface area contributed by atoms with Gasteiger partial charge in [-0.15, -0.1) is 11.3 Å². The van der Waals surface area contributed by atoms with Gasteiger partial charge in [0, 0.05) is 17.5 Å². The standard InChI is InChI=1S/C12H17NO2S/c14-12(15)9(7-11-5-2-6-16-11)8-13-10-3-1-4-10/h2,5-6,9-10,13H,1,3-4,7-8H2,(H,14,15). The molecule has 4 heteroatoms. The molecule has 16 heavy (non-hydrogen) atoms. The van der Waals surface area contributed by atoms with Crippen LogP contribution in [-0.4, -0.2) is 23.7 Å². The van der Waals surface area contributed by atoms with E-state index in [0.29, 0.717) is 19.0 Å². The number of hydrogen-bond acceptors (Lipinski definition) is 3. The topological polar surface area (TPSA) is 49.3 Å². The van der Waals surface area contributed by atoms with Crippen molar-refractivity contribution in [1.29, 1.82) is 0 Å². The fraction of sp³-hybridized carbons (Fsp3) is 0.583.